The lowest BCUT2D eigenvalue weighted by atomic mass is 10.2. The molecule has 2 aromatic rings. The van der Waals surface area contributed by atoms with Crippen molar-refractivity contribution in [2.24, 2.45) is 0 Å². The molecule has 0 radical (unpaired) electrons. The first kappa shape index (κ1) is 11.9. The van der Waals surface area contributed by atoms with Crippen LogP contribution in [-0.2, 0) is 0 Å². The van der Waals surface area contributed by atoms with Gasteiger partial charge in [0.15, 0.2) is 5.76 Å². The number of H-pyrrole nitrogens is 1. The summed E-state index contributed by atoms with van der Waals surface area (Å²) in [6.07, 6.45) is 0. The molecule has 0 aromatic carbocycles. The highest BCUT2D eigenvalue weighted by Gasteiger charge is 2.12. The van der Waals surface area contributed by atoms with E-state index in [0.29, 0.717) is 16.1 Å². The third-order valence-electron chi connectivity index (χ3n) is 2.49. The minimum Gasteiger partial charge on any atom is -0.460 e. The number of hydrogen-bond donors (Lipinski definition) is 1. The molecular weight excluding hydrogens is 236 g/mol. The maximum Gasteiger partial charge on any atom is 0.327 e. The molecule has 0 aliphatic heterocycles. The highest BCUT2D eigenvalue weighted by molar-refractivity contribution is 7.71. The van der Waals surface area contributed by atoms with Crippen LogP contribution in [-0.4, -0.2) is 9.55 Å². The van der Waals surface area contributed by atoms with Gasteiger partial charge in [-0.15, -0.1) is 0 Å². The molecule has 0 fully saturated rings. The third-order valence-corrected chi connectivity index (χ3v) is 2.71. The van der Waals surface area contributed by atoms with Gasteiger partial charge in [-0.25, -0.2) is 4.79 Å². The number of hydrogen-bond acceptors (Lipinski definition) is 3. The highest BCUT2D eigenvalue weighted by Crippen LogP contribution is 2.22. The van der Waals surface area contributed by atoms with E-state index in [1.807, 2.05) is 32.9 Å². The predicted molar refractivity (Wildman–Crippen MR) is 68.7 cm³/mol. The molecule has 2 aromatic heterocycles. The zero-order chi connectivity index (χ0) is 12.6. The first-order valence-corrected chi connectivity index (χ1v) is 5.82. The lowest BCUT2D eigenvalue weighted by Crippen LogP contribution is -2.25. The number of nitrogens with zero attached hydrogens (tertiary/aromatic N) is 1. The van der Waals surface area contributed by atoms with Crippen LogP contribution in [0.1, 0.15) is 25.6 Å². The minimum atomic E-state index is -0.212. The number of aromatic amines is 1. The Morgan fingerprint density at radius 1 is 1.41 bits per heavy atom. The van der Waals surface area contributed by atoms with Gasteiger partial charge in [0.05, 0.1) is 5.69 Å². The summed E-state index contributed by atoms with van der Waals surface area (Å²) in [5.74, 6) is 1.47. The average Bonchev–Trinajstić information content (AvgIpc) is 2.62. The Bertz CT molecular complexity index is 649. The van der Waals surface area contributed by atoms with Crippen LogP contribution in [0.4, 0.5) is 0 Å². The summed E-state index contributed by atoms with van der Waals surface area (Å²) in [6.45, 7) is 5.75. The second kappa shape index (κ2) is 4.33. The van der Waals surface area contributed by atoms with Crippen LogP contribution in [0.15, 0.2) is 27.4 Å². The normalized spacial score (nSPS) is 11.1. The number of aryl methyl sites for hydroxylation is 1. The van der Waals surface area contributed by atoms with E-state index < -0.39 is 0 Å². The van der Waals surface area contributed by atoms with Gasteiger partial charge in [-0.2, -0.15) is 0 Å². The molecule has 4 nitrogen and oxygen atoms in total. The molecule has 0 saturated carbocycles. The standard InChI is InChI=1S/C12H14N2O2S/c1-7(2)14-9(6-11(17)13-12(14)15)10-5-4-8(3)16-10/h4-7H,1-3H3,(H,13,15,17). The van der Waals surface area contributed by atoms with E-state index in [1.54, 1.807) is 10.6 Å². The predicted octanol–water partition coefficient (Wildman–Crippen LogP) is 3.06. The fraction of sp³-hybridized carbons (Fsp3) is 0.333. The summed E-state index contributed by atoms with van der Waals surface area (Å²) >= 11 is 5.03. The van der Waals surface area contributed by atoms with Crippen molar-refractivity contribution in [3.8, 4) is 11.5 Å². The van der Waals surface area contributed by atoms with Gasteiger partial charge < -0.3 is 4.42 Å². The van der Waals surface area contributed by atoms with Crippen LogP contribution in [0, 0.1) is 11.6 Å². The van der Waals surface area contributed by atoms with Gasteiger partial charge in [-0.3, -0.25) is 9.55 Å². The van der Waals surface area contributed by atoms with Crippen LogP contribution in [0.5, 0.6) is 0 Å². The molecule has 0 aliphatic rings. The van der Waals surface area contributed by atoms with Crippen LogP contribution in [0.3, 0.4) is 0 Å². The number of rotatable bonds is 2. The Kier molecular flexibility index (Phi) is 3.02. The smallest absolute Gasteiger partial charge is 0.327 e. The maximum atomic E-state index is 11.9. The van der Waals surface area contributed by atoms with E-state index in [4.69, 9.17) is 16.6 Å². The summed E-state index contributed by atoms with van der Waals surface area (Å²) in [6, 6.07) is 5.49. The number of aromatic nitrogens is 2. The van der Waals surface area contributed by atoms with Gasteiger partial charge in [0, 0.05) is 12.1 Å². The van der Waals surface area contributed by atoms with Crippen molar-refractivity contribution in [2.45, 2.75) is 26.8 Å². The quantitative estimate of drug-likeness (QED) is 0.833. The van der Waals surface area contributed by atoms with Crippen LogP contribution >= 0.6 is 12.2 Å². The van der Waals surface area contributed by atoms with E-state index in [1.165, 1.54) is 0 Å². The van der Waals surface area contributed by atoms with Crippen molar-refractivity contribution >= 4 is 12.2 Å². The minimum absolute atomic E-state index is 0.0368. The second-order valence-corrected chi connectivity index (χ2v) is 4.64. The number of furan rings is 1. The van der Waals surface area contributed by atoms with Crippen molar-refractivity contribution < 1.29 is 4.42 Å². The molecule has 0 aliphatic carbocycles. The fourth-order valence-corrected chi connectivity index (χ4v) is 1.98. The Morgan fingerprint density at radius 2 is 2.12 bits per heavy atom. The van der Waals surface area contributed by atoms with Gasteiger partial charge >= 0.3 is 5.69 Å². The Balaban J connectivity index is 2.76. The van der Waals surface area contributed by atoms with Gasteiger partial charge in [0.25, 0.3) is 0 Å². The summed E-state index contributed by atoms with van der Waals surface area (Å²) in [4.78, 5) is 14.5. The summed E-state index contributed by atoms with van der Waals surface area (Å²) in [7, 11) is 0. The number of nitrogens with one attached hydrogen (secondary N) is 1. The van der Waals surface area contributed by atoms with E-state index >= 15 is 0 Å². The second-order valence-electron chi connectivity index (χ2n) is 4.20. The van der Waals surface area contributed by atoms with E-state index in [2.05, 4.69) is 4.98 Å². The van der Waals surface area contributed by atoms with Gasteiger partial charge in [-0.05, 0) is 32.9 Å². The lowest BCUT2D eigenvalue weighted by molar-refractivity contribution is 0.519. The van der Waals surface area contributed by atoms with Crippen LogP contribution < -0.4 is 5.69 Å². The van der Waals surface area contributed by atoms with Gasteiger partial charge in [0.2, 0.25) is 0 Å². The topological polar surface area (TPSA) is 50.9 Å². The van der Waals surface area contributed by atoms with Gasteiger partial charge in [-0.1, -0.05) is 12.2 Å². The SMILES string of the molecule is Cc1ccc(-c2cc(=S)[nH]c(=O)n2C(C)C)o1. The highest BCUT2D eigenvalue weighted by atomic mass is 32.1. The maximum absolute atomic E-state index is 11.9. The largest absolute Gasteiger partial charge is 0.460 e. The van der Waals surface area contributed by atoms with Gasteiger partial charge in [0.1, 0.15) is 10.4 Å². The van der Waals surface area contributed by atoms with E-state index in [-0.39, 0.29) is 11.7 Å². The molecule has 5 heteroatoms. The zero-order valence-electron chi connectivity index (χ0n) is 9.98. The molecule has 0 bridgehead atoms. The van der Waals surface area contributed by atoms with Crippen molar-refractivity contribution in [1.82, 2.24) is 9.55 Å². The summed E-state index contributed by atoms with van der Waals surface area (Å²) in [5.41, 5.74) is 0.499. The zero-order valence-corrected chi connectivity index (χ0v) is 10.8. The summed E-state index contributed by atoms with van der Waals surface area (Å²) in [5, 5.41) is 0. The third kappa shape index (κ3) is 2.24. The Labute approximate surface area is 104 Å². The molecular formula is C12H14N2O2S. The Morgan fingerprint density at radius 3 is 2.65 bits per heavy atom. The molecule has 1 N–H and O–H groups in total. The van der Waals surface area contributed by atoms with Crippen LogP contribution in [0.2, 0.25) is 0 Å². The molecule has 0 spiro atoms. The first-order valence-electron chi connectivity index (χ1n) is 5.41. The molecule has 0 amide bonds. The average molecular weight is 250 g/mol. The molecule has 0 saturated heterocycles. The fourth-order valence-electron chi connectivity index (χ4n) is 1.78. The molecule has 2 heterocycles. The van der Waals surface area contributed by atoms with Crippen molar-refractivity contribution in [1.29, 1.82) is 0 Å². The van der Waals surface area contributed by atoms with Crippen LogP contribution in [0.25, 0.3) is 11.5 Å². The molecule has 2 rings (SSSR count). The van der Waals surface area contributed by atoms with E-state index in [0.717, 1.165) is 5.76 Å². The Hall–Kier alpha value is -1.62. The monoisotopic (exact) mass is 250 g/mol. The van der Waals surface area contributed by atoms with Crippen molar-refractivity contribution in [3.63, 3.8) is 0 Å². The first-order chi connectivity index (χ1) is 7.99. The van der Waals surface area contributed by atoms with Crippen molar-refractivity contribution in [2.75, 3.05) is 0 Å². The van der Waals surface area contributed by atoms with E-state index in [9.17, 15) is 4.79 Å². The van der Waals surface area contributed by atoms with Crippen molar-refractivity contribution in [3.05, 3.63) is 39.1 Å². The lowest BCUT2D eigenvalue weighted by Gasteiger charge is -2.13. The molecule has 17 heavy (non-hydrogen) atoms. The molecule has 0 atom stereocenters. The summed E-state index contributed by atoms with van der Waals surface area (Å²) < 4.78 is 7.60. The molecule has 0 unspecified atom stereocenters. The molecule has 90 valence electrons.